The summed E-state index contributed by atoms with van der Waals surface area (Å²) in [5, 5.41) is 6.58. The van der Waals surface area contributed by atoms with Gasteiger partial charge in [-0.05, 0) is 49.0 Å². The van der Waals surface area contributed by atoms with Gasteiger partial charge < -0.3 is 20.4 Å². The number of hydrogen-bond donors (Lipinski definition) is 2. The van der Waals surface area contributed by atoms with Gasteiger partial charge in [-0.25, -0.2) is 4.98 Å². The molecule has 0 amide bonds. The number of aromatic nitrogens is 3. The van der Waals surface area contributed by atoms with Crippen LogP contribution in [0.1, 0.15) is 5.56 Å². The summed E-state index contributed by atoms with van der Waals surface area (Å²) in [7, 11) is 2.17. The van der Waals surface area contributed by atoms with Gasteiger partial charge in [-0.15, -0.1) is 0 Å². The molecule has 0 aliphatic carbocycles. The summed E-state index contributed by atoms with van der Waals surface area (Å²) in [4.78, 5) is 17.7. The number of benzene rings is 1. The fourth-order valence-corrected chi connectivity index (χ4v) is 3.17. The molecule has 2 N–H and O–H groups in total. The van der Waals surface area contributed by atoms with Gasteiger partial charge in [-0.2, -0.15) is 4.98 Å². The first kappa shape index (κ1) is 18.2. The van der Waals surface area contributed by atoms with Crippen molar-refractivity contribution in [3.63, 3.8) is 0 Å². The van der Waals surface area contributed by atoms with Crippen molar-refractivity contribution in [2.75, 3.05) is 48.8 Å². The molecule has 0 saturated carbocycles. The van der Waals surface area contributed by atoms with Crippen LogP contribution >= 0.6 is 0 Å². The van der Waals surface area contributed by atoms with E-state index in [1.807, 2.05) is 24.4 Å². The molecule has 1 saturated heterocycles. The Balaban J connectivity index is 1.36. The van der Waals surface area contributed by atoms with Crippen LogP contribution in [0.15, 0.2) is 61.1 Å². The minimum Gasteiger partial charge on any atom is -0.369 e. The molecule has 4 rings (SSSR count). The standard InChI is InChI=1S/C21H25N7/c1-27-11-13-28(14-12-27)19-6-4-18(5-7-19)25-20-8-10-23-21(26-20)24-16-17-3-2-9-22-15-17/h2-10,15H,11-14,16H2,1H3,(H2,23,24,25,26). The van der Waals surface area contributed by atoms with Gasteiger partial charge in [0.2, 0.25) is 5.95 Å². The van der Waals surface area contributed by atoms with E-state index in [4.69, 9.17) is 0 Å². The van der Waals surface area contributed by atoms with Crippen molar-refractivity contribution in [1.82, 2.24) is 19.9 Å². The fraction of sp³-hybridized carbons (Fsp3) is 0.286. The van der Waals surface area contributed by atoms with E-state index in [1.54, 1.807) is 12.4 Å². The number of likely N-dealkylation sites (N-methyl/N-ethyl adjacent to an activating group) is 1. The van der Waals surface area contributed by atoms with Crippen molar-refractivity contribution >= 4 is 23.1 Å². The third-order valence-electron chi connectivity index (χ3n) is 4.84. The Morgan fingerprint density at radius 2 is 1.79 bits per heavy atom. The van der Waals surface area contributed by atoms with Crippen LogP contribution in [0.2, 0.25) is 0 Å². The second-order valence-electron chi connectivity index (χ2n) is 6.94. The number of piperazine rings is 1. The van der Waals surface area contributed by atoms with Gasteiger partial charge in [-0.1, -0.05) is 6.07 Å². The van der Waals surface area contributed by atoms with Crippen molar-refractivity contribution in [1.29, 1.82) is 0 Å². The zero-order valence-corrected chi connectivity index (χ0v) is 16.0. The SMILES string of the molecule is CN1CCN(c2ccc(Nc3ccnc(NCc4cccnc4)n3)cc2)CC1. The van der Waals surface area contributed by atoms with E-state index in [0.717, 1.165) is 43.2 Å². The number of nitrogens with zero attached hydrogens (tertiary/aromatic N) is 5. The maximum atomic E-state index is 4.53. The van der Waals surface area contributed by atoms with Crippen LogP contribution < -0.4 is 15.5 Å². The van der Waals surface area contributed by atoms with E-state index in [0.29, 0.717) is 12.5 Å². The summed E-state index contributed by atoms with van der Waals surface area (Å²) in [5.74, 6) is 1.35. The Morgan fingerprint density at radius 3 is 2.54 bits per heavy atom. The second-order valence-corrected chi connectivity index (χ2v) is 6.94. The third-order valence-corrected chi connectivity index (χ3v) is 4.84. The normalized spacial score (nSPS) is 14.7. The van der Waals surface area contributed by atoms with Crippen molar-refractivity contribution in [2.45, 2.75) is 6.54 Å². The molecule has 0 atom stereocenters. The maximum Gasteiger partial charge on any atom is 0.224 e. The van der Waals surface area contributed by atoms with E-state index < -0.39 is 0 Å². The third kappa shape index (κ3) is 4.75. The fourth-order valence-electron chi connectivity index (χ4n) is 3.17. The smallest absolute Gasteiger partial charge is 0.224 e. The minimum atomic E-state index is 0.586. The maximum absolute atomic E-state index is 4.53. The topological polar surface area (TPSA) is 69.2 Å². The molecule has 3 aromatic rings. The predicted molar refractivity (Wildman–Crippen MR) is 113 cm³/mol. The van der Waals surface area contributed by atoms with Crippen LogP contribution in [0.5, 0.6) is 0 Å². The number of hydrogen-bond acceptors (Lipinski definition) is 7. The van der Waals surface area contributed by atoms with Crippen molar-refractivity contribution in [2.24, 2.45) is 0 Å². The van der Waals surface area contributed by atoms with Crippen LogP contribution in [0.25, 0.3) is 0 Å². The van der Waals surface area contributed by atoms with Crippen molar-refractivity contribution in [3.8, 4) is 0 Å². The summed E-state index contributed by atoms with van der Waals surface area (Å²) >= 11 is 0. The molecule has 1 fully saturated rings. The lowest BCUT2D eigenvalue weighted by molar-refractivity contribution is 0.313. The van der Waals surface area contributed by atoms with E-state index in [-0.39, 0.29) is 0 Å². The highest BCUT2D eigenvalue weighted by Crippen LogP contribution is 2.21. The summed E-state index contributed by atoms with van der Waals surface area (Å²) in [6, 6.07) is 14.3. The van der Waals surface area contributed by atoms with E-state index in [1.165, 1.54) is 5.69 Å². The van der Waals surface area contributed by atoms with E-state index >= 15 is 0 Å². The van der Waals surface area contributed by atoms with E-state index in [2.05, 4.69) is 66.7 Å². The Hall–Kier alpha value is -3.19. The molecule has 0 bridgehead atoms. The van der Waals surface area contributed by atoms with Gasteiger partial charge in [0.25, 0.3) is 0 Å². The summed E-state index contributed by atoms with van der Waals surface area (Å²) in [6.45, 7) is 4.99. The Bertz CT molecular complexity index is 875. The highest BCUT2D eigenvalue weighted by Gasteiger charge is 2.13. The predicted octanol–water partition coefficient (Wildman–Crippen LogP) is 2.98. The number of rotatable bonds is 6. The van der Waals surface area contributed by atoms with Crippen LogP contribution in [-0.2, 0) is 6.54 Å². The molecule has 1 aliphatic rings. The molecule has 3 heterocycles. The molecule has 0 spiro atoms. The van der Waals surface area contributed by atoms with Gasteiger partial charge in [0.05, 0.1) is 0 Å². The molecule has 1 aliphatic heterocycles. The zero-order valence-electron chi connectivity index (χ0n) is 16.0. The first-order valence-electron chi connectivity index (χ1n) is 9.53. The molecule has 28 heavy (non-hydrogen) atoms. The lowest BCUT2D eigenvalue weighted by Gasteiger charge is -2.34. The van der Waals surface area contributed by atoms with Crippen molar-refractivity contribution < 1.29 is 0 Å². The lowest BCUT2D eigenvalue weighted by atomic mass is 10.2. The van der Waals surface area contributed by atoms with Gasteiger partial charge in [-0.3, -0.25) is 4.98 Å². The Morgan fingerprint density at radius 1 is 0.964 bits per heavy atom. The average molecular weight is 375 g/mol. The molecule has 7 nitrogen and oxygen atoms in total. The minimum absolute atomic E-state index is 0.586. The molecule has 0 radical (unpaired) electrons. The van der Waals surface area contributed by atoms with E-state index in [9.17, 15) is 0 Å². The monoisotopic (exact) mass is 375 g/mol. The molecule has 0 unspecified atom stereocenters. The van der Waals surface area contributed by atoms with Crippen molar-refractivity contribution in [3.05, 3.63) is 66.6 Å². The molecular formula is C21H25N7. The van der Waals surface area contributed by atoms with Crippen LogP contribution in [-0.4, -0.2) is 53.1 Å². The highest BCUT2D eigenvalue weighted by molar-refractivity contribution is 5.61. The average Bonchev–Trinajstić information content (AvgIpc) is 2.75. The Kier molecular flexibility index (Phi) is 5.63. The summed E-state index contributed by atoms with van der Waals surface area (Å²) < 4.78 is 0. The molecule has 7 heteroatoms. The highest BCUT2D eigenvalue weighted by atomic mass is 15.2. The van der Waals surface area contributed by atoms with Gasteiger partial charge in [0.15, 0.2) is 0 Å². The molecule has 144 valence electrons. The molecular weight excluding hydrogens is 350 g/mol. The Labute approximate surface area is 165 Å². The number of pyridine rings is 1. The molecule has 2 aromatic heterocycles. The summed E-state index contributed by atoms with van der Waals surface area (Å²) in [6.07, 6.45) is 5.34. The first-order chi connectivity index (χ1) is 13.8. The molecule has 1 aromatic carbocycles. The quantitative estimate of drug-likeness (QED) is 0.686. The lowest BCUT2D eigenvalue weighted by Crippen LogP contribution is -2.44. The van der Waals surface area contributed by atoms with Crippen LogP contribution in [0, 0.1) is 0 Å². The zero-order chi connectivity index (χ0) is 19.2. The van der Waals surface area contributed by atoms with Crippen LogP contribution in [0.3, 0.4) is 0 Å². The first-order valence-corrected chi connectivity index (χ1v) is 9.53. The van der Waals surface area contributed by atoms with Gasteiger partial charge in [0.1, 0.15) is 5.82 Å². The largest absolute Gasteiger partial charge is 0.369 e. The second kappa shape index (κ2) is 8.67. The van der Waals surface area contributed by atoms with Gasteiger partial charge >= 0.3 is 0 Å². The number of nitrogens with one attached hydrogen (secondary N) is 2. The number of anilines is 4. The van der Waals surface area contributed by atoms with Gasteiger partial charge in [0, 0.05) is 62.7 Å². The summed E-state index contributed by atoms with van der Waals surface area (Å²) in [5.41, 5.74) is 3.36. The van der Waals surface area contributed by atoms with Crippen LogP contribution in [0.4, 0.5) is 23.1 Å².